The van der Waals surface area contributed by atoms with Crippen LogP contribution in [0.1, 0.15) is 17.3 Å². The zero-order valence-corrected chi connectivity index (χ0v) is 11.3. The minimum Gasteiger partial charge on any atom is -0.282 e. The van der Waals surface area contributed by atoms with Gasteiger partial charge in [-0.3, -0.25) is 4.79 Å². The average molecular weight is 295 g/mol. The van der Waals surface area contributed by atoms with Crippen molar-refractivity contribution in [3.05, 3.63) is 46.4 Å². The largest absolute Gasteiger partial charge is 0.282 e. The van der Waals surface area contributed by atoms with Gasteiger partial charge >= 0.3 is 0 Å². The van der Waals surface area contributed by atoms with Crippen molar-refractivity contribution in [2.45, 2.75) is 6.92 Å². The smallest absolute Gasteiger partial charge is 0.219 e. The molecule has 0 saturated carbocycles. The topological polar surface area (TPSA) is 17.1 Å². The van der Waals surface area contributed by atoms with Crippen molar-refractivity contribution in [2.24, 2.45) is 0 Å². The second-order valence-electron chi connectivity index (χ2n) is 3.40. The molecule has 0 aliphatic heterocycles. The van der Waals surface area contributed by atoms with Gasteiger partial charge in [-0.25, -0.2) is 0 Å². The monoisotopic (exact) mass is 294 g/mol. The van der Waals surface area contributed by atoms with Crippen molar-refractivity contribution in [3.8, 4) is 0 Å². The number of hydrogen-bond donors (Lipinski definition) is 0. The summed E-state index contributed by atoms with van der Waals surface area (Å²) < 4.78 is 0.977. The molecule has 1 nitrogen and oxygen atoms in total. The minimum absolute atomic E-state index is 0.133. The highest BCUT2D eigenvalue weighted by molar-refractivity contribution is 9.10. The Bertz CT molecular complexity index is 536. The lowest BCUT2D eigenvalue weighted by atomic mass is 10.1. The first-order valence-electron chi connectivity index (χ1n) is 5.08. The summed E-state index contributed by atoms with van der Waals surface area (Å²) in [5.74, 6) is 0.809. The van der Waals surface area contributed by atoms with Crippen LogP contribution in [-0.2, 0) is 0 Å². The van der Waals surface area contributed by atoms with E-state index in [9.17, 15) is 4.79 Å². The molecule has 2 rings (SSSR count). The highest BCUT2D eigenvalue weighted by atomic mass is 79.9. The third kappa shape index (κ3) is 2.30. The van der Waals surface area contributed by atoms with Gasteiger partial charge in [-0.05, 0) is 28.7 Å². The van der Waals surface area contributed by atoms with Gasteiger partial charge in [-0.15, -0.1) is 0 Å². The Morgan fingerprint density at radius 1 is 1.31 bits per heavy atom. The lowest BCUT2D eigenvalue weighted by Crippen LogP contribution is -1.94. The van der Waals surface area contributed by atoms with Gasteiger partial charge in [-0.2, -0.15) is 0 Å². The van der Waals surface area contributed by atoms with Gasteiger partial charge in [0.15, 0.2) is 0 Å². The molecule has 0 fully saturated rings. The molecule has 0 amide bonds. The minimum atomic E-state index is 0.133. The molecule has 0 spiro atoms. The van der Waals surface area contributed by atoms with Gasteiger partial charge in [0.05, 0.1) is 0 Å². The number of benzene rings is 2. The molecule has 0 N–H and O–H groups in total. The van der Waals surface area contributed by atoms with Crippen molar-refractivity contribution < 1.29 is 4.79 Å². The molecular formula is C13H11BrOS. The van der Waals surface area contributed by atoms with Crippen LogP contribution < -0.4 is 0 Å². The standard InChI is InChI=1S/C13H11BrOS/c1-2-16-13(15)10-7-9-5-3-4-6-11(9)12(14)8-10/h3-8H,2H2,1H3. The number of carbonyl (C=O) groups excluding carboxylic acids is 1. The van der Waals surface area contributed by atoms with Crippen LogP contribution in [0.5, 0.6) is 0 Å². The number of halogens is 1. The highest BCUT2D eigenvalue weighted by Crippen LogP contribution is 2.27. The Balaban J connectivity index is 2.53. The molecule has 0 saturated heterocycles. The first-order chi connectivity index (χ1) is 7.72. The van der Waals surface area contributed by atoms with Gasteiger partial charge in [0.1, 0.15) is 0 Å². The molecule has 0 aromatic heterocycles. The summed E-state index contributed by atoms with van der Waals surface area (Å²) in [4.78, 5) is 11.8. The summed E-state index contributed by atoms with van der Waals surface area (Å²) in [6.07, 6.45) is 0. The maximum absolute atomic E-state index is 11.8. The number of carbonyl (C=O) groups is 1. The van der Waals surface area contributed by atoms with E-state index in [1.165, 1.54) is 11.8 Å². The van der Waals surface area contributed by atoms with E-state index in [1.807, 2.05) is 43.3 Å². The maximum atomic E-state index is 11.8. The Morgan fingerprint density at radius 3 is 2.81 bits per heavy atom. The van der Waals surface area contributed by atoms with Crippen LogP contribution >= 0.6 is 27.7 Å². The SMILES string of the molecule is CCSC(=O)c1cc(Br)c2ccccc2c1. The summed E-state index contributed by atoms with van der Waals surface area (Å²) in [7, 11) is 0. The van der Waals surface area contributed by atoms with Gasteiger partial charge in [0.2, 0.25) is 5.12 Å². The van der Waals surface area contributed by atoms with Crippen LogP contribution in [0, 0.1) is 0 Å². The van der Waals surface area contributed by atoms with Crippen LogP contribution in [0.3, 0.4) is 0 Å². The zero-order valence-electron chi connectivity index (χ0n) is 8.87. The van der Waals surface area contributed by atoms with Gasteiger partial charge in [0.25, 0.3) is 0 Å². The van der Waals surface area contributed by atoms with E-state index in [-0.39, 0.29) is 5.12 Å². The molecule has 0 atom stereocenters. The maximum Gasteiger partial charge on any atom is 0.219 e. The summed E-state index contributed by atoms with van der Waals surface area (Å²) in [6.45, 7) is 1.98. The number of thioether (sulfide) groups is 1. The van der Waals surface area contributed by atoms with E-state index in [1.54, 1.807) is 0 Å². The van der Waals surface area contributed by atoms with Crippen molar-refractivity contribution in [3.63, 3.8) is 0 Å². The van der Waals surface area contributed by atoms with Crippen molar-refractivity contribution in [1.29, 1.82) is 0 Å². The summed E-state index contributed by atoms with van der Waals surface area (Å²) in [5, 5.41) is 2.37. The van der Waals surface area contributed by atoms with E-state index < -0.39 is 0 Å². The summed E-state index contributed by atoms with van der Waals surface area (Å²) >= 11 is 4.85. The van der Waals surface area contributed by atoms with E-state index in [0.29, 0.717) is 0 Å². The van der Waals surface area contributed by atoms with Crippen molar-refractivity contribution in [1.82, 2.24) is 0 Å². The third-order valence-electron chi connectivity index (χ3n) is 2.32. The van der Waals surface area contributed by atoms with E-state index in [2.05, 4.69) is 15.9 Å². The fraction of sp³-hybridized carbons (Fsp3) is 0.154. The molecule has 0 heterocycles. The van der Waals surface area contributed by atoms with E-state index in [0.717, 1.165) is 26.6 Å². The predicted molar refractivity (Wildman–Crippen MR) is 74.1 cm³/mol. The second kappa shape index (κ2) is 5.02. The zero-order chi connectivity index (χ0) is 11.5. The average Bonchev–Trinajstić information content (AvgIpc) is 2.29. The van der Waals surface area contributed by atoms with Crippen molar-refractivity contribution >= 4 is 43.6 Å². The summed E-state index contributed by atoms with van der Waals surface area (Å²) in [5.41, 5.74) is 0.762. The third-order valence-corrected chi connectivity index (χ3v) is 3.77. The number of hydrogen-bond acceptors (Lipinski definition) is 2. The molecule has 2 aromatic carbocycles. The Hall–Kier alpha value is -0.800. The molecule has 0 radical (unpaired) electrons. The van der Waals surface area contributed by atoms with Crippen LogP contribution in [0.4, 0.5) is 0 Å². The van der Waals surface area contributed by atoms with Crippen LogP contribution in [-0.4, -0.2) is 10.9 Å². The lowest BCUT2D eigenvalue weighted by molar-refractivity contribution is 0.108. The molecule has 0 unspecified atom stereocenters. The normalized spacial score (nSPS) is 10.6. The lowest BCUT2D eigenvalue weighted by Gasteiger charge is -2.04. The Kier molecular flexibility index (Phi) is 3.66. The van der Waals surface area contributed by atoms with E-state index >= 15 is 0 Å². The second-order valence-corrected chi connectivity index (χ2v) is 5.49. The van der Waals surface area contributed by atoms with Gasteiger partial charge in [0, 0.05) is 10.0 Å². The quantitative estimate of drug-likeness (QED) is 0.811. The first-order valence-corrected chi connectivity index (χ1v) is 6.85. The summed E-state index contributed by atoms with van der Waals surface area (Å²) in [6, 6.07) is 11.9. The Morgan fingerprint density at radius 2 is 2.06 bits per heavy atom. The molecule has 2 aromatic rings. The number of rotatable bonds is 2. The fourth-order valence-corrected chi connectivity index (χ4v) is 2.75. The molecule has 3 heteroatoms. The highest BCUT2D eigenvalue weighted by Gasteiger charge is 2.08. The predicted octanol–water partition coefficient (Wildman–Crippen LogP) is 4.50. The van der Waals surface area contributed by atoms with Crippen LogP contribution in [0.15, 0.2) is 40.9 Å². The van der Waals surface area contributed by atoms with Crippen LogP contribution in [0.2, 0.25) is 0 Å². The van der Waals surface area contributed by atoms with Gasteiger partial charge < -0.3 is 0 Å². The Labute approximate surface area is 107 Å². The van der Waals surface area contributed by atoms with Crippen molar-refractivity contribution in [2.75, 3.05) is 5.75 Å². The molecule has 82 valence electrons. The molecular weight excluding hydrogens is 284 g/mol. The van der Waals surface area contributed by atoms with Crippen LogP contribution in [0.25, 0.3) is 10.8 Å². The van der Waals surface area contributed by atoms with E-state index in [4.69, 9.17) is 0 Å². The number of fused-ring (bicyclic) bond motifs is 1. The molecule has 0 aliphatic rings. The molecule has 0 aliphatic carbocycles. The molecule has 0 bridgehead atoms. The first kappa shape index (κ1) is 11.7. The fourth-order valence-electron chi connectivity index (χ4n) is 1.60. The van der Waals surface area contributed by atoms with Gasteiger partial charge in [-0.1, -0.05) is 58.9 Å². The molecule has 16 heavy (non-hydrogen) atoms.